The molecule has 2 amide bonds. The van der Waals surface area contributed by atoms with Crippen molar-refractivity contribution in [2.75, 3.05) is 23.4 Å². The minimum atomic E-state index is -3.01. The third kappa shape index (κ3) is 2.81. The van der Waals surface area contributed by atoms with Gasteiger partial charge in [-0.05, 0) is 31.5 Å². The average molecular weight is 321 g/mol. The molecular weight excluding hydrogens is 302 g/mol. The summed E-state index contributed by atoms with van der Waals surface area (Å²) >= 11 is 0. The number of aromatic nitrogens is 1. The number of amides is 2. The summed E-state index contributed by atoms with van der Waals surface area (Å²) in [5.74, 6) is 0.220. The highest BCUT2D eigenvalue weighted by molar-refractivity contribution is 7.91. The fourth-order valence-electron chi connectivity index (χ4n) is 2.97. The number of urea groups is 1. The molecule has 0 saturated carbocycles. The van der Waals surface area contributed by atoms with E-state index in [4.69, 9.17) is 0 Å². The first kappa shape index (κ1) is 14.9. The topological polar surface area (TPSA) is 82.3 Å². The number of anilines is 1. The molecule has 0 spiro atoms. The van der Waals surface area contributed by atoms with Crippen LogP contribution in [0.2, 0.25) is 0 Å². The van der Waals surface area contributed by atoms with Crippen LogP contribution in [0.4, 0.5) is 10.5 Å². The summed E-state index contributed by atoms with van der Waals surface area (Å²) in [5.41, 5.74) is 1.67. The highest BCUT2D eigenvalue weighted by Gasteiger charge is 2.34. The van der Waals surface area contributed by atoms with Crippen LogP contribution >= 0.6 is 0 Å². The van der Waals surface area contributed by atoms with E-state index in [1.807, 2.05) is 37.4 Å². The zero-order valence-corrected chi connectivity index (χ0v) is 13.2. The lowest BCUT2D eigenvalue weighted by atomic mass is 10.2. The Kier molecular flexibility index (Phi) is 3.82. The van der Waals surface area contributed by atoms with Gasteiger partial charge in [-0.2, -0.15) is 0 Å². The number of nitrogens with one attached hydrogen (secondary N) is 2. The van der Waals surface area contributed by atoms with E-state index < -0.39 is 9.84 Å². The van der Waals surface area contributed by atoms with Gasteiger partial charge in [0.25, 0.3) is 0 Å². The molecule has 118 valence electrons. The number of fused-ring (bicyclic) bond motifs is 1. The standard InChI is InChI=1S/C15H19N3O3S/c1-2-18(11-7-9-22(20,21)10-11)15(19)17-14-5-3-4-13-12(14)6-8-16-13/h3-6,8,11,16H,2,7,9-10H2,1H3,(H,17,19). The lowest BCUT2D eigenvalue weighted by Gasteiger charge is -2.27. The molecular formula is C15H19N3O3S. The van der Waals surface area contributed by atoms with Crippen LogP contribution in [-0.2, 0) is 9.84 Å². The summed E-state index contributed by atoms with van der Waals surface area (Å²) in [5, 5.41) is 3.83. The number of aromatic amines is 1. The zero-order chi connectivity index (χ0) is 15.7. The van der Waals surface area contributed by atoms with Gasteiger partial charge in [-0.3, -0.25) is 0 Å². The fraction of sp³-hybridized carbons (Fsp3) is 0.400. The summed E-state index contributed by atoms with van der Waals surface area (Å²) in [6, 6.07) is 7.06. The number of nitrogens with zero attached hydrogens (tertiary/aromatic N) is 1. The molecule has 22 heavy (non-hydrogen) atoms. The lowest BCUT2D eigenvalue weighted by Crippen LogP contribution is -2.43. The fourth-order valence-corrected chi connectivity index (χ4v) is 4.70. The Balaban J connectivity index is 1.79. The van der Waals surface area contributed by atoms with Crippen LogP contribution in [0.15, 0.2) is 30.5 Å². The van der Waals surface area contributed by atoms with E-state index in [1.54, 1.807) is 4.90 Å². The normalized spacial score (nSPS) is 20.1. The second-order valence-corrected chi connectivity index (χ2v) is 7.75. The van der Waals surface area contributed by atoms with Crippen LogP contribution in [0.3, 0.4) is 0 Å². The molecule has 1 atom stereocenters. The molecule has 1 saturated heterocycles. The van der Waals surface area contributed by atoms with Gasteiger partial charge in [0.2, 0.25) is 0 Å². The van der Waals surface area contributed by atoms with Gasteiger partial charge in [0.1, 0.15) is 0 Å². The Morgan fingerprint density at radius 3 is 2.91 bits per heavy atom. The molecule has 0 radical (unpaired) electrons. The first-order valence-electron chi connectivity index (χ1n) is 7.34. The van der Waals surface area contributed by atoms with E-state index in [1.165, 1.54) is 0 Å². The third-order valence-electron chi connectivity index (χ3n) is 4.09. The summed E-state index contributed by atoms with van der Waals surface area (Å²) in [7, 11) is -3.01. The molecule has 3 rings (SSSR count). The number of benzene rings is 1. The van der Waals surface area contributed by atoms with Crippen LogP contribution < -0.4 is 5.32 Å². The van der Waals surface area contributed by atoms with Gasteiger partial charge < -0.3 is 15.2 Å². The van der Waals surface area contributed by atoms with Crippen molar-refractivity contribution in [1.82, 2.24) is 9.88 Å². The quantitative estimate of drug-likeness (QED) is 0.909. The maximum atomic E-state index is 12.5. The minimum Gasteiger partial charge on any atom is -0.361 e. The number of sulfone groups is 1. The Morgan fingerprint density at radius 1 is 1.41 bits per heavy atom. The predicted octanol–water partition coefficient (Wildman–Crippen LogP) is 2.21. The van der Waals surface area contributed by atoms with E-state index >= 15 is 0 Å². The summed E-state index contributed by atoms with van der Waals surface area (Å²) in [6.07, 6.45) is 2.33. The highest BCUT2D eigenvalue weighted by atomic mass is 32.2. The van der Waals surface area contributed by atoms with Crippen LogP contribution in [-0.4, -0.2) is 48.4 Å². The van der Waals surface area contributed by atoms with E-state index in [0.29, 0.717) is 13.0 Å². The van der Waals surface area contributed by atoms with Crippen molar-refractivity contribution in [1.29, 1.82) is 0 Å². The van der Waals surface area contributed by atoms with Gasteiger partial charge in [0.05, 0.1) is 17.2 Å². The second-order valence-electron chi connectivity index (χ2n) is 5.52. The number of carbonyl (C=O) groups is 1. The van der Waals surface area contributed by atoms with Crippen molar-refractivity contribution < 1.29 is 13.2 Å². The van der Waals surface area contributed by atoms with Gasteiger partial charge in [-0.15, -0.1) is 0 Å². The van der Waals surface area contributed by atoms with Gasteiger partial charge in [0, 0.05) is 29.7 Å². The van der Waals surface area contributed by atoms with Gasteiger partial charge in [-0.1, -0.05) is 6.07 Å². The zero-order valence-electron chi connectivity index (χ0n) is 12.4. The van der Waals surface area contributed by atoms with Gasteiger partial charge >= 0.3 is 6.03 Å². The summed E-state index contributed by atoms with van der Waals surface area (Å²) in [6.45, 7) is 2.34. The molecule has 1 unspecified atom stereocenters. The van der Waals surface area contributed by atoms with Crippen molar-refractivity contribution in [2.24, 2.45) is 0 Å². The highest BCUT2D eigenvalue weighted by Crippen LogP contribution is 2.24. The number of rotatable bonds is 3. The van der Waals surface area contributed by atoms with E-state index in [2.05, 4.69) is 10.3 Å². The van der Waals surface area contributed by atoms with Crippen molar-refractivity contribution in [3.8, 4) is 0 Å². The molecule has 6 nitrogen and oxygen atoms in total. The summed E-state index contributed by atoms with van der Waals surface area (Å²) < 4.78 is 23.2. The van der Waals surface area contributed by atoms with Gasteiger partial charge in [-0.25, -0.2) is 13.2 Å². The molecule has 2 heterocycles. The van der Waals surface area contributed by atoms with E-state index in [-0.39, 0.29) is 23.6 Å². The molecule has 7 heteroatoms. The maximum Gasteiger partial charge on any atom is 0.322 e. The lowest BCUT2D eigenvalue weighted by molar-refractivity contribution is 0.198. The Hall–Kier alpha value is -2.02. The number of hydrogen-bond acceptors (Lipinski definition) is 3. The molecule has 0 aliphatic carbocycles. The third-order valence-corrected chi connectivity index (χ3v) is 5.84. The monoisotopic (exact) mass is 321 g/mol. The van der Waals surface area contributed by atoms with Crippen LogP contribution in [0, 0.1) is 0 Å². The Bertz CT molecular complexity index is 797. The molecule has 2 aromatic rings. The SMILES string of the molecule is CCN(C(=O)Nc1cccc2[nH]ccc12)C1CCS(=O)(=O)C1. The maximum absolute atomic E-state index is 12.5. The molecule has 1 aliphatic rings. The van der Waals surface area contributed by atoms with Crippen molar-refractivity contribution in [3.05, 3.63) is 30.5 Å². The first-order chi connectivity index (χ1) is 10.5. The smallest absolute Gasteiger partial charge is 0.322 e. The second kappa shape index (κ2) is 5.64. The Labute approximate surface area is 129 Å². The van der Waals surface area contributed by atoms with Crippen LogP contribution in [0.1, 0.15) is 13.3 Å². The van der Waals surface area contributed by atoms with Crippen molar-refractivity contribution >= 4 is 32.5 Å². The number of hydrogen-bond donors (Lipinski definition) is 2. The molecule has 2 N–H and O–H groups in total. The Morgan fingerprint density at radius 2 is 2.23 bits per heavy atom. The number of carbonyl (C=O) groups excluding carboxylic acids is 1. The molecule has 1 aliphatic heterocycles. The number of H-pyrrole nitrogens is 1. The van der Waals surface area contributed by atoms with E-state index in [9.17, 15) is 13.2 Å². The van der Waals surface area contributed by atoms with Crippen LogP contribution in [0.25, 0.3) is 10.9 Å². The minimum absolute atomic E-state index is 0.0581. The van der Waals surface area contributed by atoms with Crippen molar-refractivity contribution in [3.63, 3.8) is 0 Å². The van der Waals surface area contributed by atoms with Crippen molar-refractivity contribution in [2.45, 2.75) is 19.4 Å². The van der Waals surface area contributed by atoms with Crippen LogP contribution in [0.5, 0.6) is 0 Å². The van der Waals surface area contributed by atoms with E-state index in [0.717, 1.165) is 16.6 Å². The summed E-state index contributed by atoms with van der Waals surface area (Å²) in [4.78, 5) is 17.2. The predicted molar refractivity (Wildman–Crippen MR) is 86.8 cm³/mol. The van der Waals surface area contributed by atoms with Gasteiger partial charge in [0.15, 0.2) is 9.84 Å². The molecule has 0 bridgehead atoms. The molecule has 1 aromatic carbocycles. The first-order valence-corrected chi connectivity index (χ1v) is 9.16. The molecule has 1 fully saturated rings. The molecule has 1 aromatic heterocycles. The average Bonchev–Trinajstić information content (AvgIpc) is 3.07. The largest absolute Gasteiger partial charge is 0.361 e.